The van der Waals surface area contributed by atoms with Crippen molar-refractivity contribution in [3.05, 3.63) is 96.1 Å². The summed E-state index contributed by atoms with van der Waals surface area (Å²) in [6, 6.07) is 21.7. The van der Waals surface area contributed by atoms with Gasteiger partial charge in [-0.25, -0.2) is 8.42 Å². The number of hydrogen-bond donors (Lipinski definition) is 2. The van der Waals surface area contributed by atoms with E-state index in [1.807, 2.05) is 24.3 Å². The third-order valence-corrected chi connectivity index (χ3v) is 10.1. The molecular weight excluding hydrogens is 745 g/mol. The fourth-order valence-electron chi connectivity index (χ4n) is 5.51. The fourth-order valence-corrected chi connectivity index (χ4v) is 6.75. The SMILES string of the molecule is CCCCCCCCc1ccc(Oc2c(O)cccc2S(=O)(=O)O)cc1.CCCCCCCCc1ccc(Oc2c([O-])cccc2S(=O)(=O)[O-])cc1.[Ca+2]. The number of ether oxygens (including phenoxy) is 2. The van der Waals surface area contributed by atoms with Crippen LogP contribution >= 0.6 is 0 Å². The quantitative estimate of drug-likeness (QED) is 0.0499. The van der Waals surface area contributed by atoms with E-state index in [9.17, 15) is 36.2 Å². The Morgan fingerprint density at radius 2 is 0.981 bits per heavy atom. The van der Waals surface area contributed by atoms with Crippen LogP contribution in [0.5, 0.6) is 34.5 Å². The summed E-state index contributed by atoms with van der Waals surface area (Å²) in [4.78, 5) is -1.10. The number of phenols is 1. The molecule has 284 valence electrons. The van der Waals surface area contributed by atoms with E-state index in [0.29, 0.717) is 11.5 Å². The van der Waals surface area contributed by atoms with Crippen molar-refractivity contribution in [2.24, 2.45) is 0 Å². The normalized spacial score (nSPS) is 11.2. The summed E-state index contributed by atoms with van der Waals surface area (Å²) in [5.74, 6) is -1.01. The first-order chi connectivity index (χ1) is 24.8. The third kappa shape index (κ3) is 16.6. The summed E-state index contributed by atoms with van der Waals surface area (Å²) in [5.41, 5.74) is 2.33. The zero-order chi connectivity index (χ0) is 38.0. The van der Waals surface area contributed by atoms with Gasteiger partial charge in [0, 0.05) is 0 Å². The van der Waals surface area contributed by atoms with Gasteiger partial charge in [0.15, 0.2) is 11.5 Å². The minimum atomic E-state index is -4.78. The molecule has 0 saturated heterocycles. The maximum absolute atomic E-state index is 11.9. The van der Waals surface area contributed by atoms with Gasteiger partial charge in [-0.2, -0.15) is 8.42 Å². The van der Waals surface area contributed by atoms with Crippen LogP contribution in [0.4, 0.5) is 0 Å². The summed E-state index contributed by atoms with van der Waals surface area (Å²) < 4.78 is 76.9. The summed E-state index contributed by atoms with van der Waals surface area (Å²) in [7, 11) is -9.27. The van der Waals surface area contributed by atoms with E-state index in [1.165, 1.54) is 94.0 Å². The largest absolute Gasteiger partial charge is 2.00 e. The van der Waals surface area contributed by atoms with Gasteiger partial charge in [-0.05, 0) is 79.3 Å². The average Bonchev–Trinajstić information content (AvgIpc) is 3.10. The maximum atomic E-state index is 11.9. The smallest absolute Gasteiger partial charge is 0.870 e. The molecule has 0 amide bonds. The molecule has 0 atom stereocenters. The molecule has 53 heavy (non-hydrogen) atoms. The Balaban J connectivity index is 0.000000360. The zero-order valence-electron chi connectivity index (χ0n) is 30.7. The van der Waals surface area contributed by atoms with Crippen molar-refractivity contribution in [2.75, 3.05) is 0 Å². The molecule has 13 heteroatoms. The number of para-hydroxylation sites is 2. The number of rotatable bonds is 20. The minimum absolute atomic E-state index is 0. The number of benzene rings is 4. The Bertz CT molecular complexity index is 1740. The van der Waals surface area contributed by atoms with Crippen LogP contribution in [0.1, 0.15) is 102 Å². The van der Waals surface area contributed by atoms with Gasteiger partial charge >= 0.3 is 37.7 Å². The predicted molar refractivity (Wildman–Crippen MR) is 205 cm³/mol. The Kier molecular flexibility index (Phi) is 20.8. The van der Waals surface area contributed by atoms with Gasteiger partial charge in [-0.1, -0.05) is 126 Å². The zero-order valence-corrected chi connectivity index (χ0v) is 34.5. The third-order valence-electron chi connectivity index (χ3n) is 8.37. The predicted octanol–water partition coefficient (Wildman–Crippen LogP) is 9.31. The number of aryl methyl sites for hydroxylation is 2. The second kappa shape index (κ2) is 23.8. The average molecular weight is 795 g/mol. The second-order valence-corrected chi connectivity index (χ2v) is 15.4. The minimum Gasteiger partial charge on any atom is -0.870 e. The van der Waals surface area contributed by atoms with Crippen LogP contribution in [0.15, 0.2) is 94.7 Å². The molecule has 10 nitrogen and oxygen atoms in total. The fraction of sp³-hybridized carbons (Fsp3) is 0.400. The first-order valence-corrected chi connectivity index (χ1v) is 20.8. The van der Waals surface area contributed by atoms with Crippen molar-refractivity contribution < 1.29 is 45.6 Å². The number of hydrogen-bond acceptors (Lipinski definition) is 9. The monoisotopic (exact) mass is 794 g/mol. The van der Waals surface area contributed by atoms with Crippen LogP contribution in [0, 0.1) is 0 Å². The van der Waals surface area contributed by atoms with E-state index in [0.717, 1.165) is 43.4 Å². The molecule has 2 N–H and O–H groups in total. The molecule has 0 heterocycles. The molecule has 4 aromatic rings. The summed E-state index contributed by atoms with van der Waals surface area (Å²) in [6.45, 7) is 4.40. The van der Waals surface area contributed by atoms with Crippen molar-refractivity contribution >= 4 is 58.0 Å². The molecule has 0 unspecified atom stereocenters. The number of phenolic OH excluding ortho intramolecular Hbond substituents is 1. The molecule has 0 fully saturated rings. The summed E-state index contributed by atoms with van der Waals surface area (Å²) in [6.07, 6.45) is 16.8. The first-order valence-electron chi connectivity index (χ1n) is 17.9. The van der Waals surface area contributed by atoms with Crippen LogP contribution in [0.25, 0.3) is 0 Å². The molecule has 4 rings (SSSR count). The Labute approximate surface area is 345 Å². The van der Waals surface area contributed by atoms with Gasteiger partial charge in [-0.15, -0.1) is 0 Å². The van der Waals surface area contributed by atoms with E-state index >= 15 is 0 Å². The van der Waals surface area contributed by atoms with Gasteiger partial charge < -0.3 is 24.2 Å². The van der Waals surface area contributed by atoms with Gasteiger partial charge in [0.25, 0.3) is 10.1 Å². The standard InChI is InChI=1S/2C20H26O5S.Ca/c2*1-2-3-4-5-6-7-9-16-12-14-17(15-13-16)25-20-18(21)10-8-11-19(20)26(22,23)24;/h2*8,10-15,21H,2-7,9H2,1H3,(H,22,23,24);/q;;+2/p-2. The van der Waals surface area contributed by atoms with Crippen molar-refractivity contribution in [1.29, 1.82) is 0 Å². The Morgan fingerprint density at radius 1 is 0.566 bits per heavy atom. The van der Waals surface area contributed by atoms with E-state index in [4.69, 9.17) is 9.47 Å². The summed E-state index contributed by atoms with van der Waals surface area (Å²) >= 11 is 0. The van der Waals surface area contributed by atoms with Gasteiger partial charge in [0.2, 0.25) is 0 Å². The van der Waals surface area contributed by atoms with Crippen LogP contribution < -0.4 is 14.6 Å². The molecule has 0 spiro atoms. The molecule has 0 aliphatic rings. The molecule has 0 aromatic heterocycles. The van der Waals surface area contributed by atoms with Gasteiger partial charge in [0.05, 0.1) is 4.90 Å². The van der Waals surface area contributed by atoms with E-state index in [-0.39, 0.29) is 49.2 Å². The van der Waals surface area contributed by atoms with Crippen molar-refractivity contribution in [2.45, 2.75) is 114 Å². The molecular formula is C40H50CaO10S2. The number of unbranched alkanes of at least 4 members (excludes halogenated alkanes) is 10. The van der Waals surface area contributed by atoms with Crippen LogP contribution in [-0.2, 0) is 33.1 Å². The second-order valence-electron chi connectivity index (χ2n) is 12.6. The first kappa shape index (κ1) is 46.3. The van der Waals surface area contributed by atoms with E-state index < -0.39 is 41.5 Å². The van der Waals surface area contributed by atoms with Crippen molar-refractivity contribution in [3.8, 4) is 34.5 Å². The van der Waals surface area contributed by atoms with Gasteiger partial charge in [0.1, 0.15) is 32.3 Å². The molecule has 4 aromatic carbocycles. The Hall–Kier alpha value is -2.84. The van der Waals surface area contributed by atoms with Crippen molar-refractivity contribution in [1.82, 2.24) is 0 Å². The number of aromatic hydroxyl groups is 1. The molecule has 0 aliphatic heterocycles. The molecule has 0 radical (unpaired) electrons. The van der Waals surface area contributed by atoms with E-state index in [2.05, 4.69) is 13.8 Å². The molecule has 0 bridgehead atoms. The maximum Gasteiger partial charge on any atom is 2.00 e. The van der Waals surface area contributed by atoms with E-state index in [1.54, 1.807) is 24.3 Å². The van der Waals surface area contributed by atoms with Crippen LogP contribution in [0.3, 0.4) is 0 Å². The van der Waals surface area contributed by atoms with Crippen molar-refractivity contribution in [3.63, 3.8) is 0 Å². The van der Waals surface area contributed by atoms with Gasteiger partial charge in [-0.3, -0.25) is 4.55 Å². The molecule has 0 aliphatic carbocycles. The van der Waals surface area contributed by atoms with Crippen LogP contribution in [-0.4, -0.2) is 68.8 Å². The summed E-state index contributed by atoms with van der Waals surface area (Å²) in [5, 5.41) is 21.8. The Morgan fingerprint density at radius 3 is 1.43 bits per heavy atom. The van der Waals surface area contributed by atoms with Crippen LogP contribution in [0.2, 0.25) is 0 Å². The molecule has 0 saturated carbocycles. The topological polar surface area (TPSA) is 173 Å².